The Hall–Kier alpha value is -0.160. The fourth-order valence-corrected chi connectivity index (χ4v) is 2.65. The summed E-state index contributed by atoms with van der Waals surface area (Å²) in [4.78, 5) is 2.44. The lowest BCUT2D eigenvalue weighted by atomic mass is 9.98. The lowest BCUT2D eigenvalue weighted by Gasteiger charge is -2.30. The van der Waals surface area contributed by atoms with Gasteiger partial charge < -0.3 is 20.3 Å². The molecule has 2 atom stereocenters. The first-order chi connectivity index (χ1) is 7.84. The van der Waals surface area contributed by atoms with E-state index in [-0.39, 0.29) is 0 Å². The van der Waals surface area contributed by atoms with Crippen LogP contribution in [0.3, 0.4) is 0 Å². The van der Waals surface area contributed by atoms with E-state index in [1.165, 1.54) is 25.9 Å². The summed E-state index contributed by atoms with van der Waals surface area (Å²) < 4.78 is 5.43. The van der Waals surface area contributed by atoms with E-state index in [0.717, 1.165) is 38.8 Å². The number of nitrogens with zero attached hydrogens (tertiary/aromatic N) is 1. The van der Waals surface area contributed by atoms with Crippen molar-refractivity contribution in [3.05, 3.63) is 0 Å². The first-order valence-electron chi connectivity index (χ1n) is 6.55. The minimum atomic E-state index is 0.509. The Kier molecular flexibility index (Phi) is 5.03. The Balaban J connectivity index is 1.56. The summed E-state index contributed by atoms with van der Waals surface area (Å²) in [5.74, 6) is 0.836. The molecule has 94 valence electrons. The van der Waals surface area contributed by atoms with E-state index in [9.17, 15) is 0 Å². The molecule has 0 aliphatic carbocycles. The highest BCUT2D eigenvalue weighted by atomic mass is 16.5. The lowest BCUT2D eigenvalue weighted by molar-refractivity contribution is 0.0759. The maximum absolute atomic E-state index is 5.43. The molecule has 2 unspecified atom stereocenters. The average molecular weight is 227 g/mol. The highest BCUT2D eigenvalue weighted by molar-refractivity contribution is 4.76. The average Bonchev–Trinajstić information content (AvgIpc) is 2.30. The van der Waals surface area contributed by atoms with Crippen LogP contribution in [0.5, 0.6) is 0 Å². The Morgan fingerprint density at radius 1 is 1.44 bits per heavy atom. The summed E-state index contributed by atoms with van der Waals surface area (Å²) in [7, 11) is 2.22. The Labute approximate surface area is 98.7 Å². The molecule has 2 N–H and O–H groups in total. The molecule has 2 aliphatic rings. The Bertz CT molecular complexity index is 195. The predicted molar refractivity (Wildman–Crippen MR) is 65.7 cm³/mol. The lowest BCUT2D eigenvalue weighted by Crippen LogP contribution is -2.48. The van der Waals surface area contributed by atoms with Crippen LogP contribution in [0, 0.1) is 5.92 Å². The van der Waals surface area contributed by atoms with Gasteiger partial charge in [0.2, 0.25) is 0 Å². The second-order valence-corrected chi connectivity index (χ2v) is 5.15. The maximum atomic E-state index is 5.43. The molecule has 2 heterocycles. The molecule has 4 nitrogen and oxygen atoms in total. The molecule has 2 aliphatic heterocycles. The third kappa shape index (κ3) is 4.01. The number of piperidine rings is 1. The fraction of sp³-hybridized carbons (Fsp3) is 1.00. The predicted octanol–water partition coefficient (Wildman–Crippen LogP) is -0.0938. The van der Waals surface area contributed by atoms with Gasteiger partial charge in [-0.3, -0.25) is 0 Å². The van der Waals surface area contributed by atoms with Crippen molar-refractivity contribution in [1.82, 2.24) is 15.5 Å². The van der Waals surface area contributed by atoms with Crippen molar-refractivity contribution in [2.75, 3.05) is 53.0 Å². The van der Waals surface area contributed by atoms with Crippen molar-refractivity contribution in [3.8, 4) is 0 Å². The molecule has 0 aromatic rings. The summed E-state index contributed by atoms with van der Waals surface area (Å²) in [6.45, 7) is 7.44. The van der Waals surface area contributed by atoms with Crippen molar-refractivity contribution in [2.45, 2.75) is 18.9 Å². The molecule has 0 aromatic carbocycles. The molecule has 0 spiro atoms. The van der Waals surface area contributed by atoms with Gasteiger partial charge in [-0.1, -0.05) is 0 Å². The number of ether oxygens (including phenoxy) is 1. The van der Waals surface area contributed by atoms with Gasteiger partial charge in [0, 0.05) is 25.7 Å². The minimum absolute atomic E-state index is 0.509. The van der Waals surface area contributed by atoms with E-state index in [1.54, 1.807) is 0 Å². The number of rotatable bonds is 4. The van der Waals surface area contributed by atoms with Gasteiger partial charge in [0.25, 0.3) is 0 Å². The Morgan fingerprint density at radius 2 is 2.38 bits per heavy atom. The molecule has 2 fully saturated rings. The van der Waals surface area contributed by atoms with E-state index >= 15 is 0 Å². The van der Waals surface area contributed by atoms with E-state index in [2.05, 4.69) is 22.6 Å². The third-order valence-corrected chi connectivity index (χ3v) is 3.54. The monoisotopic (exact) mass is 227 g/mol. The van der Waals surface area contributed by atoms with Gasteiger partial charge in [0.1, 0.15) is 0 Å². The molecular weight excluding hydrogens is 202 g/mol. The molecule has 0 bridgehead atoms. The largest absolute Gasteiger partial charge is 0.378 e. The number of hydrogen-bond donors (Lipinski definition) is 2. The highest BCUT2D eigenvalue weighted by Crippen LogP contribution is 2.13. The van der Waals surface area contributed by atoms with Crippen LogP contribution in [0.25, 0.3) is 0 Å². The van der Waals surface area contributed by atoms with Gasteiger partial charge in [-0.25, -0.2) is 0 Å². The first kappa shape index (κ1) is 12.3. The SMILES string of the molecule is CN1CCCC(CNCC2COCCN2)C1. The quantitative estimate of drug-likeness (QED) is 0.703. The van der Waals surface area contributed by atoms with E-state index in [0.29, 0.717) is 6.04 Å². The van der Waals surface area contributed by atoms with E-state index in [4.69, 9.17) is 4.74 Å². The van der Waals surface area contributed by atoms with Crippen molar-refractivity contribution in [1.29, 1.82) is 0 Å². The molecular formula is C12H25N3O. The molecule has 16 heavy (non-hydrogen) atoms. The molecule has 0 aromatic heterocycles. The maximum Gasteiger partial charge on any atom is 0.0632 e. The van der Waals surface area contributed by atoms with Crippen molar-refractivity contribution in [3.63, 3.8) is 0 Å². The van der Waals surface area contributed by atoms with Crippen LogP contribution in [0.1, 0.15) is 12.8 Å². The number of nitrogens with one attached hydrogen (secondary N) is 2. The van der Waals surface area contributed by atoms with Gasteiger partial charge >= 0.3 is 0 Å². The zero-order valence-corrected chi connectivity index (χ0v) is 10.4. The van der Waals surface area contributed by atoms with Gasteiger partial charge in [-0.15, -0.1) is 0 Å². The Morgan fingerprint density at radius 3 is 3.12 bits per heavy atom. The summed E-state index contributed by atoms with van der Waals surface area (Å²) >= 11 is 0. The minimum Gasteiger partial charge on any atom is -0.378 e. The molecule has 2 rings (SSSR count). The van der Waals surface area contributed by atoms with Gasteiger partial charge in [-0.2, -0.15) is 0 Å². The van der Waals surface area contributed by atoms with Gasteiger partial charge in [-0.05, 0) is 38.9 Å². The van der Waals surface area contributed by atoms with Crippen molar-refractivity contribution in [2.24, 2.45) is 5.92 Å². The van der Waals surface area contributed by atoms with Crippen LogP contribution in [0.15, 0.2) is 0 Å². The summed E-state index contributed by atoms with van der Waals surface area (Å²) in [6.07, 6.45) is 2.74. The van der Waals surface area contributed by atoms with Crippen molar-refractivity contribution >= 4 is 0 Å². The molecule has 0 saturated carbocycles. The number of morpholine rings is 1. The van der Waals surface area contributed by atoms with Crippen LogP contribution in [-0.4, -0.2) is 63.9 Å². The standard InChI is InChI=1S/C12H25N3O/c1-15-5-2-3-11(9-15)7-13-8-12-10-16-6-4-14-12/h11-14H,2-10H2,1H3. The zero-order valence-electron chi connectivity index (χ0n) is 10.4. The highest BCUT2D eigenvalue weighted by Gasteiger charge is 2.17. The molecule has 0 radical (unpaired) electrons. The van der Waals surface area contributed by atoms with E-state index < -0.39 is 0 Å². The second-order valence-electron chi connectivity index (χ2n) is 5.15. The summed E-state index contributed by atoms with van der Waals surface area (Å²) in [6, 6.07) is 0.509. The molecule has 2 saturated heterocycles. The molecule has 4 heteroatoms. The summed E-state index contributed by atoms with van der Waals surface area (Å²) in [5, 5.41) is 7.04. The summed E-state index contributed by atoms with van der Waals surface area (Å²) in [5.41, 5.74) is 0. The smallest absolute Gasteiger partial charge is 0.0632 e. The fourth-order valence-electron chi connectivity index (χ4n) is 2.65. The third-order valence-electron chi connectivity index (χ3n) is 3.54. The number of hydrogen-bond acceptors (Lipinski definition) is 4. The van der Waals surface area contributed by atoms with Crippen molar-refractivity contribution < 1.29 is 4.74 Å². The first-order valence-corrected chi connectivity index (χ1v) is 6.55. The van der Waals surface area contributed by atoms with Crippen LogP contribution in [0.4, 0.5) is 0 Å². The van der Waals surface area contributed by atoms with Crippen LogP contribution >= 0.6 is 0 Å². The van der Waals surface area contributed by atoms with Gasteiger partial charge in [0.05, 0.1) is 13.2 Å². The van der Waals surface area contributed by atoms with Crippen LogP contribution in [0.2, 0.25) is 0 Å². The van der Waals surface area contributed by atoms with Crippen LogP contribution < -0.4 is 10.6 Å². The number of likely N-dealkylation sites (tertiary alicyclic amines) is 1. The topological polar surface area (TPSA) is 36.5 Å². The normalized spacial score (nSPS) is 32.8. The zero-order chi connectivity index (χ0) is 11.2. The van der Waals surface area contributed by atoms with Crippen LogP contribution in [-0.2, 0) is 4.74 Å². The second kappa shape index (κ2) is 6.55. The van der Waals surface area contributed by atoms with E-state index in [1.807, 2.05) is 0 Å². The van der Waals surface area contributed by atoms with Gasteiger partial charge in [0.15, 0.2) is 0 Å². The molecule has 0 amide bonds.